The first-order chi connectivity index (χ1) is 11.1. The smallest absolute Gasteiger partial charge is 0.303 e. The molecule has 10 nitrogen and oxygen atoms in total. The van der Waals surface area contributed by atoms with Gasteiger partial charge in [0, 0.05) is 27.7 Å². The van der Waals surface area contributed by atoms with Gasteiger partial charge in [0.25, 0.3) is 0 Å². The van der Waals surface area contributed by atoms with Crippen LogP contribution in [-0.2, 0) is 42.9 Å². The van der Waals surface area contributed by atoms with Crippen molar-refractivity contribution in [1.82, 2.24) is 0 Å². The number of ether oxygens (including phenoxy) is 5. The zero-order chi connectivity index (χ0) is 18.4. The molecule has 0 aliphatic carbocycles. The van der Waals surface area contributed by atoms with Gasteiger partial charge in [-0.2, -0.15) is 0 Å². The van der Waals surface area contributed by atoms with Crippen molar-refractivity contribution < 1.29 is 42.9 Å². The molecule has 1 heterocycles. The number of nitrogens with two attached hydrogens (primary N) is 1. The second-order valence-electron chi connectivity index (χ2n) is 5.16. The molecule has 0 spiro atoms. The van der Waals surface area contributed by atoms with Gasteiger partial charge in [0.05, 0.1) is 0 Å². The molecule has 0 bridgehead atoms. The monoisotopic (exact) mass is 347 g/mol. The van der Waals surface area contributed by atoms with Crippen molar-refractivity contribution in [3.8, 4) is 0 Å². The van der Waals surface area contributed by atoms with Gasteiger partial charge in [-0.05, 0) is 0 Å². The van der Waals surface area contributed by atoms with Gasteiger partial charge in [0.15, 0.2) is 18.3 Å². The second kappa shape index (κ2) is 8.60. The summed E-state index contributed by atoms with van der Waals surface area (Å²) in [7, 11) is 0. The topological polar surface area (TPSA) is 140 Å². The lowest BCUT2D eigenvalue weighted by atomic mass is 9.97. The van der Waals surface area contributed by atoms with E-state index >= 15 is 0 Å². The van der Waals surface area contributed by atoms with E-state index in [9.17, 15) is 19.2 Å². The van der Waals surface area contributed by atoms with Gasteiger partial charge in [-0.3, -0.25) is 19.2 Å². The van der Waals surface area contributed by atoms with E-state index in [4.69, 9.17) is 29.4 Å². The van der Waals surface area contributed by atoms with Crippen molar-refractivity contribution in [2.24, 2.45) is 5.73 Å². The molecule has 1 rings (SSSR count). The molecule has 0 aromatic rings. The summed E-state index contributed by atoms with van der Waals surface area (Å²) in [6, 6.07) is 0. The summed E-state index contributed by atoms with van der Waals surface area (Å²) in [6.45, 7) is 4.32. The summed E-state index contributed by atoms with van der Waals surface area (Å²) in [4.78, 5) is 45.0. The molecule has 0 aromatic heterocycles. The molecule has 0 radical (unpaired) electrons. The second-order valence-corrected chi connectivity index (χ2v) is 5.16. The van der Waals surface area contributed by atoms with Crippen molar-refractivity contribution in [3.05, 3.63) is 0 Å². The molecule has 1 aliphatic heterocycles. The van der Waals surface area contributed by atoms with E-state index in [1.165, 1.54) is 6.92 Å². The molecule has 5 atom stereocenters. The number of hydrogen-bond donors (Lipinski definition) is 1. The number of carbonyl (C=O) groups excluding carboxylic acids is 4. The van der Waals surface area contributed by atoms with Gasteiger partial charge < -0.3 is 29.4 Å². The fourth-order valence-electron chi connectivity index (χ4n) is 2.26. The summed E-state index contributed by atoms with van der Waals surface area (Å²) in [6.07, 6.45) is -5.74. The quantitative estimate of drug-likeness (QED) is 0.487. The first kappa shape index (κ1) is 19.8. The van der Waals surface area contributed by atoms with Crippen LogP contribution in [0.1, 0.15) is 27.7 Å². The SMILES string of the molecule is CC(=O)OCC1OC(N)C(OC(C)=O)C(OC(C)=O)C1OC(C)=O. The summed E-state index contributed by atoms with van der Waals surface area (Å²) in [5.74, 6) is -2.66. The first-order valence-corrected chi connectivity index (χ1v) is 7.18. The maximum Gasteiger partial charge on any atom is 0.303 e. The normalized spacial score (nSPS) is 29.3. The maximum absolute atomic E-state index is 11.4. The van der Waals surface area contributed by atoms with Crippen molar-refractivity contribution in [3.63, 3.8) is 0 Å². The Morgan fingerprint density at radius 1 is 0.792 bits per heavy atom. The van der Waals surface area contributed by atoms with E-state index < -0.39 is 54.5 Å². The lowest BCUT2D eigenvalue weighted by molar-refractivity contribution is -0.251. The first-order valence-electron chi connectivity index (χ1n) is 7.18. The van der Waals surface area contributed by atoms with Gasteiger partial charge >= 0.3 is 23.9 Å². The molecular formula is C14H21NO9. The fourth-order valence-corrected chi connectivity index (χ4v) is 2.26. The summed E-state index contributed by atoms with van der Waals surface area (Å²) >= 11 is 0. The lowest BCUT2D eigenvalue weighted by Gasteiger charge is -2.43. The predicted molar refractivity (Wildman–Crippen MR) is 76.1 cm³/mol. The number of carbonyl (C=O) groups is 4. The number of rotatable bonds is 5. The average molecular weight is 347 g/mol. The Hall–Kier alpha value is -2.20. The van der Waals surface area contributed by atoms with Gasteiger partial charge in [0.2, 0.25) is 0 Å². The minimum atomic E-state index is -1.21. The Labute approximate surface area is 138 Å². The van der Waals surface area contributed by atoms with E-state index in [0.29, 0.717) is 0 Å². The fraction of sp³-hybridized carbons (Fsp3) is 0.714. The third-order valence-corrected chi connectivity index (χ3v) is 3.03. The van der Waals surface area contributed by atoms with E-state index in [1.807, 2.05) is 0 Å². The zero-order valence-electron chi connectivity index (χ0n) is 13.8. The van der Waals surface area contributed by atoms with E-state index in [2.05, 4.69) is 0 Å². The minimum Gasteiger partial charge on any atom is -0.463 e. The van der Waals surface area contributed by atoms with E-state index in [0.717, 1.165) is 20.8 Å². The molecule has 1 saturated heterocycles. The number of hydrogen-bond acceptors (Lipinski definition) is 10. The Bertz CT molecular complexity index is 506. The third-order valence-electron chi connectivity index (χ3n) is 3.03. The predicted octanol–water partition coefficient (Wildman–Crippen LogP) is -0.972. The summed E-state index contributed by atoms with van der Waals surface area (Å²) in [5, 5.41) is 0. The van der Waals surface area contributed by atoms with Crippen LogP contribution in [0.5, 0.6) is 0 Å². The van der Waals surface area contributed by atoms with Gasteiger partial charge in [-0.1, -0.05) is 0 Å². The van der Waals surface area contributed by atoms with Crippen LogP contribution < -0.4 is 5.73 Å². The van der Waals surface area contributed by atoms with Gasteiger partial charge in [-0.25, -0.2) is 0 Å². The van der Waals surface area contributed by atoms with Crippen molar-refractivity contribution >= 4 is 23.9 Å². The number of esters is 4. The van der Waals surface area contributed by atoms with E-state index in [1.54, 1.807) is 0 Å². The summed E-state index contributed by atoms with van der Waals surface area (Å²) < 4.78 is 25.6. The van der Waals surface area contributed by atoms with Crippen LogP contribution in [-0.4, -0.2) is 61.1 Å². The maximum atomic E-state index is 11.4. The molecule has 1 fully saturated rings. The standard InChI is InChI=1S/C14H21NO9/c1-6(16)20-5-10-11(21-7(2)17)12(22-8(3)18)13(14(15)24-10)23-9(4)19/h10-14H,5,15H2,1-4H3. The highest BCUT2D eigenvalue weighted by molar-refractivity contribution is 5.68. The molecular weight excluding hydrogens is 326 g/mol. The molecule has 136 valence electrons. The van der Waals surface area contributed by atoms with Gasteiger partial charge in [0.1, 0.15) is 18.9 Å². The van der Waals surface area contributed by atoms with Crippen LogP contribution >= 0.6 is 0 Å². The molecule has 1 aliphatic rings. The van der Waals surface area contributed by atoms with Crippen molar-refractivity contribution in [2.45, 2.75) is 58.3 Å². The largest absolute Gasteiger partial charge is 0.463 e. The molecule has 10 heteroatoms. The van der Waals surface area contributed by atoms with Crippen LogP contribution in [0.3, 0.4) is 0 Å². The molecule has 2 N–H and O–H groups in total. The highest BCUT2D eigenvalue weighted by Crippen LogP contribution is 2.27. The molecule has 5 unspecified atom stereocenters. The molecule has 0 amide bonds. The molecule has 0 aromatic carbocycles. The Morgan fingerprint density at radius 3 is 1.71 bits per heavy atom. The van der Waals surface area contributed by atoms with Crippen LogP contribution in [0.25, 0.3) is 0 Å². The molecule has 0 saturated carbocycles. The van der Waals surface area contributed by atoms with Crippen molar-refractivity contribution in [1.29, 1.82) is 0 Å². The highest BCUT2D eigenvalue weighted by Gasteiger charge is 2.51. The van der Waals surface area contributed by atoms with Crippen LogP contribution in [0.4, 0.5) is 0 Å². The minimum absolute atomic E-state index is 0.286. The van der Waals surface area contributed by atoms with Crippen LogP contribution in [0, 0.1) is 0 Å². The third kappa shape index (κ3) is 5.78. The lowest BCUT2D eigenvalue weighted by Crippen LogP contribution is -2.64. The Balaban J connectivity index is 3.11. The zero-order valence-corrected chi connectivity index (χ0v) is 13.8. The molecule has 24 heavy (non-hydrogen) atoms. The Morgan fingerprint density at radius 2 is 1.25 bits per heavy atom. The van der Waals surface area contributed by atoms with Crippen LogP contribution in [0.15, 0.2) is 0 Å². The summed E-state index contributed by atoms with van der Waals surface area (Å²) in [5.41, 5.74) is 5.81. The van der Waals surface area contributed by atoms with E-state index in [-0.39, 0.29) is 6.61 Å². The van der Waals surface area contributed by atoms with Gasteiger partial charge in [-0.15, -0.1) is 0 Å². The van der Waals surface area contributed by atoms with Crippen LogP contribution in [0.2, 0.25) is 0 Å². The van der Waals surface area contributed by atoms with Crippen molar-refractivity contribution in [2.75, 3.05) is 6.61 Å². The highest BCUT2D eigenvalue weighted by atomic mass is 16.7. The average Bonchev–Trinajstić information content (AvgIpc) is 2.42. The Kier molecular flexibility index (Phi) is 7.11.